The number of benzene rings is 1. The predicted octanol–water partition coefficient (Wildman–Crippen LogP) is 3.67. The Morgan fingerprint density at radius 1 is 1.29 bits per heavy atom. The highest BCUT2D eigenvalue weighted by Crippen LogP contribution is 2.29. The number of rotatable bonds is 5. The largest absolute Gasteiger partial charge is 0.493 e. The maximum Gasteiger partial charge on any atom is 0.124 e. The van der Waals surface area contributed by atoms with Crippen LogP contribution in [0.3, 0.4) is 0 Å². The van der Waals surface area contributed by atoms with E-state index in [0.29, 0.717) is 0 Å². The zero-order valence-corrected chi connectivity index (χ0v) is 10.7. The van der Waals surface area contributed by atoms with E-state index in [4.69, 9.17) is 10.5 Å². The maximum atomic E-state index is 6.10. The molecular weight excluding hydrogens is 210 g/mol. The summed E-state index contributed by atoms with van der Waals surface area (Å²) in [5, 5.41) is 0. The Hall–Kier alpha value is -1.02. The van der Waals surface area contributed by atoms with Crippen LogP contribution in [0.15, 0.2) is 24.3 Å². The summed E-state index contributed by atoms with van der Waals surface area (Å²) < 4.78 is 5.96. The van der Waals surface area contributed by atoms with Crippen LogP contribution in [0.2, 0.25) is 0 Å². The van der Waals surface area contributed by atoms with Gasteiger partial charge in [0.1, 0.15) is 5.75 Å². The zero-order chi connectivity index (χ0) is 12.1. The number of ether oxygens (including phenoxy) is 1. The van der Waals surface area contributed by atoms with Gasteiger partial charge in [-0.25, -0.2) is 0 Å². The van der Waals surface area contributed by atoms with Crippen molar-refractivity contribution in [3.63, 3.8) is 0 Å². The average molecular weight is 233 g/mol. The van der Waals surface area contributed by atoms with Crippen molar-refractivity contribution >= 4 is 0 Å². The molecule has 2 N–H and O–H groups in total. The summed E-state index contributed by atoms with van der Waals surface area (Å²) in [5.41, 5.74) is 7.25. The first-order chi connectivity index (χ1) is 8.31. The second-order valence-electron chi connectivity index (χ2n) is 5.01. The molecule has 1 aliphatic carbocycles. The molecule has 1 aromatic carbocycles. The van der Waals surface area contributed by atoms with Crippen LogP contribution < -0.4 is 10.5 Å². The van der Waals surface area contributed by atoms with Gasteiger partial charge in [0.25, 0.3) is 0 Å². The summed E-state index contributed by atoms with van der Waals surface area (Å²) in [6.07, 6.45) is 6.32. The first-order valence-electron chi connectivity index (χ1n) is 6.78. The molecule has 0 amide bonds. The van der Waals surface area contributed by atoms with Crippen molar-refractivity contribution in [2.24, 2.45) is 11.7 Å². The highest BCUT2D eigenvalue weighted by molar-refractivity contribution is 5.35. The van der Waals surface area contributed by atoms with Gasteiger partial charge in [0, 0.05) is 11.6 Å². The second-order valence-corrected chi connectivity index (χ2v) is 5.01. The van der Waals surface area contributed by atoms with Crippen molar-refractivity contribution in [1.82, 2.24) is 0 Å². The minimum atomic E-state index is 0.0924. The molecule has 0 aromatic heterocycles. The van der Waals surface area contributed by atoms with Crippen LogP contribution >= 0.6 is 0 Å². The lowest BCUT2D eigenvalue weighted by atomic mass is 10.0. The molecule has 2 heteroatoms. The van der Waals surface area contributed by atoms with Gasteiger partial charge in [-0.05, 0) is 31.2 Å². The maximum absolute atomic E-state index is 6.10. The van der Waals surface area contributed by atoms with Crippen LogP contribution in [0, 0.1) is 5.92 Å². The summed E-state index contributed by atoms with van der Waals surface area (Å²) in [6.45, 7) is 2.96. The average Bonchev–Trinajstić information content (AvgIpc) is 2.89. The molecule has 0 saturated heterocycles. The Bertz CT molecular complexity index is 345. The number of para-hydroxylation sites is 1. The Balaban J connectivity index is 1.98. The van der Waals surface area contributed by atoms with Crippen LogP contribution in [-0.4, -0.2) is 6.61 Å². The van der Waals surface area contributed by atoms with Gasteiger partial charge in [-0.1, -0.05) is 38.0 Å². The summed E-state index contributed by atoms with van der Waals surface area (Å²) in [7, 11) is 0. The monoisotopic (exact) mass is 233 g/mol. The quantitative estimate of drug-likeness (QED) is 0.842. The number of hydrogen-bond donors (Lipinski definition) is 1. The van der Waals surface area contributed by atoms with Gasteiger partial charge in [0.2, 0.25) is 0 Å². The van der Waals surface area contributed by atoms with Crippen molar-refractivity contribution in [2.45, 2.75) is 45.1 Å². The molecule has 1 saturated carbocycles. The SMILES string of the molecule is CC[C@H](N)c1ccccc1OCC1CCCC1. The zero-order valence-electron chi connectivity index (χ0n) is 10.7. The molecule has 1 fully saturated rings. The molecule has 1 aliphatic rings. The van der Waals surface area contributed by atoms with Crippen molar-refractivity contribution < 1.29 is 4.74 Å². The highest BCUT2D eigenvalue weighted by Gasteiger charge is 2.17. The van der Waals surface area contributed by atoms with E-state index >= 15 is 0 Å². The Morgan fingerprint density at radius 3 is 2.71 bits per heavy atom. The topological polar surface area (TPSA) is 35.2 Å². The van der Waals surface area contributed by atoms with Crippen molar-refractivity contribution in [1.29, 1.82) is 0 Å². The van der Waals surface area contributed by atoms with Crippen LogP contribution in [0.4, 0.5) is 0 Å². The lowest BCUT2D eigenvalue weighted by Crippen LogP contribution is -2.13. The molecule has 94 valence electrons. The van der Waals surface area contributed by atoms with Crippen molar-refractivity contribution in [3.05, 3.63) is 29.8 Å². The fraction of sp³-hybridized carbons (Fsp3) is 0.600. The molecule has 2 rings (SSSR count). The third kappa shape index (κ3) is 3.22. The van der Waals surface area contributed by atoms with Gasteiger partial charge < -0.3 is 10.5 Å². The van der Waals surface area contributed by atoms with Gasteiger partial charge >= 0.3 is 0 Å². The van der Waals surface area contributed by atoms with E-state index < -0.39 is 0 Å². The predicted molar refractivity (Wildman–Crippen MR) is 71.1 cm³/mol. The molecule has 0 unspecified atom stereocenters. The van der Waals surface area contributed by atoms with Gasteiger partial charge in [0.15, 0.2) is 0 Å². The molecule has 17 heavy (non-hydrogen) atoms. The molecule has 0 bridgehead atoms. The van der Waals surface area contributed by atoms with Crippen LogP contribution in [0.5, 0.6) is 5.75 Å². The van der Waals surface area contributed by atoms with Crippen LogP contribution in [0.25, 0.3) is 0 Å². The fourth-order valence-corrected chi connectivity index (χ4v) is 2.52. The molecule has 1 atom stereocenters. The number of hydrogen-bond acceptors (Lipinski definition) is 2. The molecule has 0 spiro atoms. The Labute approximate surface area is 104 Å². The lowest BCUT2D eigenvalue weighted by Gasteiger charge is -2.17. The minimum Gasteiger partial charge on any atom is -0.493 e. The highest BCUT2D eigenvalue weighted by atomic mass is 16.5. The third-order valence-electron chi connectivity index (χ3n) is 3.71. The van der Waals surface area contributed by atoms with Gasteiger partial charge in [0.05, 0.1) is 6.61 Å². The summed E-state index contributed by atoms with van der Waals surface area (Å²) >= 11 is 0. The Morgan fingerprint density at radius 2 is 2.00 bits per heavy atom. The standard InChI is InChI=1S/C15H23NO/c1-2-14(16)13-9-5-6-10-15(13)17-11-12-7-3-4-8-12/h5-6,9-10,12,14H,2-4,7-8,11,16H2,1H3/t14-/m0/s1. The van der Waals surface area contributed by atoms with E-state index in [9.17, 15) is 0 Å². The van der Waals surface area contributed by atoms with E-state index in [1.165, 1.54) is 25.7 Å². The van der Waals surface area contributed by atoms with E-state index in [0.717, 1.165) is 30.3 Å². The summed E-state index contributed by atoms with van der Waals surface area (Å²) in [4.78, 5) is 0. The van der Waals surface area contributed by atoms with Crippen molar-refractivity contribution in [2.75, 3.05) is 6.61 Å². The summed E-state index contributed by atoms with van der Waals surface area (Å²) in [6, 6.07) is 8.27. The van der Waals surface area contributed by atoms with Crippen LogP contribution in [0.1, 0.15) is 50.6 Å². The molecular formula is C15H23NO. The number of nitrogens with two attached hydrogens (primary N) is 1. The third-order valence-corrected chi connectivity index (χ3v) is 3.71. The molecule has 2 nitrogen and oxygen atoms in total. The fourth-order valence-electron chi connectivity index (χ4n) is 2.52. The van der Waals surface area contributed by atoms with Crippen LogP contribution in [-0.2, 0) is 0 Å². The normalized spacial score (nSPS) is 18.2. The van der Waals surface area contributed by atoms with E-state index in [-0.39, 0.29) is 6.04 Å². The molecule has 0 heterocycles. The van der Waals surface area contributed by atoms with E-state index in [1.54, 1.807) is 0 Å². The first-order valence-corrected chi connectivity index (χ1v) is 6.78. The Kier molecular flexibility index (Phi) is 4.43. The van der Waals surface area contributed by atoms with Gasteiger partial charge in [-0.2, -0.15) is 0 Å². The van der Waals surface area contributed by atoms with E-state index in [1.807, 2.05) is 18.2 Å². The van der Waals surface area contributed by atoms with Crippen molar-refractivity contribution in [3.8, 4) is 5.75 Å². The minimum absolute atomic E-state index is 0.0924. The van der Waals surface area contributed by atoms with E-state index in [2.05, 4.69) is 13.0 Å². The van der Waals surface area contributed by atoms with Gasteiger partial charge in [-0.15, -0.1) is 0 Å². The van der Waals surface area contributed by atoms with Gasteiger partial charge in [-0.3, -0.25) is 0 Å². The second kappa shape index (κ2) is 6.06. The summed E-state index contributed by atoms with van der Waals surface area (Å²) in [5.74, 6) is 1.73. The molecule has 0 aliphatic heterocycles. The lowest BCUT2D eigenvalue weighted by molar-refractivity contribution is 0.248. The molecule has 0 radical (unpaired) electrons. The first kappa shape index (κ1) is 12.4. The smallest absolute Gasteiger partial charge is 0.124 e. The molecule has 1 aromatic rings.